The first-order valence-corrected chi connectivity index (χ1v) is 10.2. The van der Waals surface area contributed by atoms with Crippen LogP contribution in [0.15, 0.2) is 53.2 Å². The molecule has 4 saturated carbocycles. The Kier molecular flexibility index (Phi) is 3.21. The predicted molar refractivity (Wildman–Crippen MR) is 104 cm³/mol. The molecule has 0 N–H and O–H groups in total. The molecule has 27 heavy (non-hydrogen) atoms. The lowest BCUT2D eigenvalue weighted by molar-refractivity contribution is -0.0364. The van der Waals surface area contributed by atoms with Crippen LogP contribution in [0, 0.1) is 23.2 Å². The Morgan fingerprint density at radius 1 is 0.963 bits per heavy atom. The van der Waals surface area contributed by atoms with E-state index in [0.29, 0.717) is 5.76 Å². The molecule has 0 radical (unpaired) electrons. The molecule has 4 fully saturated rings. The van der Waals surface area contributed by atoms with Crippen LogP contribution in [0.4, 0.5) is 0 Å². The third-order valence-electron chi connectivity index (χ3n) is 7.26. The number of benzene rings is 1. The molecule has 0 atom stereocenters. The molecule has 1 aromatic carbocycles. The topological polar surface area (TPSA) is 43.1 Å². The maximum absolute atomic E-state index is 13.5. The summed E-state index contributed by atoms with van der Waals surface area (Å²) in [5, 5.41) is 1.01. The zero-order chi connectivity index (χ0) is 18.0. The first-order valence-electron chi connectivity index (χ1n) is 10.2. The molecule has 7 rings (SSSR count). The van der Waals surface area contributed by atoms with Gasteiger partial charge in [0.2, 0.25) is 5.78 Å². The summed E-state index contributed by atoms with van der Waals surface area (Å²) in [6, 6.07) is 12.1. The zero-order valence-electron chi connectivity index (χ0n) is 15.4. The zero-order valence-corrected chi connectivity index (χ0v) is 15.4. The molecule has 2 aromatic heterocycles. The van der Waals surface area contributed by atoms with Gasteiger partial charge in [-0.25, -0.2) is 0 Å². The lowest BCUT2D eigenvalue weighted by Crippen LogP contribution is -2.49. The molecule has 0 amide bonds. The minimum absolute atomic E-state index is 0.144. The van der Waals surface area contributed by atoms with E-state index < -0.39 is 0 Å². The Morgan fingerprint density at radius 3 is 2.37 bits per heavy atom. The highest BCUT2D eigenvalue weighted by atomic mass is 16.3. The third-order valence-corrected chi connectivity index (χ3v) is 7.26. The van der Waals surface area contributed by atoms with Crippen molar-refractivity contribution in [3.05, 3.63) is 54.6 Å². The van der Waals surface area contributed by atoms with Crippen LogP contribution in [0.2, 0.25) is 0 Å². The van der Waals surface area contributed by atoms with Gasteiger partial charge in [-0.05, 0) is 80.0 Å². The molecule has 0 aliphatic heterocycles. The largest absolute Gasteiger partial charge is 0.453 e. The molecule has 0 spiro atoms. The van der Waals surface area contributed by atoms with E-state index in [1.54, 1.807) is 6.20 Å². The van der Waals surface area contributed by atoms with Crippen molar-refractivity contribution in [2.75, 3.05) is 0 Å². The number of pyridine rings is 1. The lowest BCUT2D eigenvalue weighted by atomic mass is 9.48. The van der Waals surface area contributed by atoms with Gasteiger partial charge in [-0.1, -0.05) is 18.2 Å². The number of hydrogen-bond donors (Lipinski definition) is 0. The predicted octanol–water partition coefficient (Wildman–Crippen LogP) is 5.89. The highest BCUT2D eigenvalue weighted by molar-refractivity contribution is 6.02. The van der Waals surface area contributed by atoms with Crippen molar-refractivity contribution in [1.29, 1.82) is 0 Å². The van der Waals surface area contributed by atoms with Gasteiger partial charge in [-0.15, -0.1) is 0 Å². The summed E-state index contributed by atoms with van der Waals surface area (Å²) in [4.78, 5) is 17.7. The summed E-state index contributed by atoms with van der Waals surface area (Å²) in [6.45, 7) is 0. The molecule has 2 heterocycles. The minimum Gasteiger partial charge on any atom is -0.453 e. The standard InChI is InChI=1S/C24H23NO2/c26-23(24-11-15-6-16(12-24)8-17(7-15)13-24)22-10-19-4-3-18(9-21(19)27-22)20-2-1-5-25-14-20/h1-5,9-10,14-17H,6-8,11-13H2. The van der Waals surface area contributed by atoms with Crippen LogP contribution >= 0.6 is 0 Å². The summed E-state index contributed by atoms with van der Waals surface area (Å²) >= 11 is 0. The van der Waals surface area contributed by atoms with Gasteiger partial charge in [0.1, 0.15) is 5.58 Å². The fourth-order valence-electron chi connectivity index (χ4n) is 6.51. The number of nitrogens with zero attached hydrogens (tertiary/aromatic N) is 1. The van der Waals surface area contributed by atoms with Gasteiger partial charge < -0.3 is 4.42 Å². The Balaban J connectivity index is 1.37. The van der Waals surface area contributed by atoms with E-state index in [0.717, 1.165) is 59.1 Å². The van der Waals surface area contributed by atoms with Gasteiger partial charge in [0.25, 0.3) is 0 Å². The monoisotopic (exact) mass is 357 g/mol. The number of hydrogen-bond acceptors (Lipinski definition) is 3. The molecule has 4 aliphatic rings. The van der Waals surface area contributed by atoms with E-state index in [2.05, 4.69) is 17.1 Å². The molecule has 3 aromatic rings. The first-order chi connectivity index (χ1) is 13.2. The Morgan fingerprint density at radius 2 is 1.70 bits per heavy atom. The van der Waals surface area contributed by atoms with E-state index in [9.17, 15) is 4.79 Å². The average molecular weight is 357 g/mol. The van der Waals surface area contributed by atoms with E-state index in [4.69, 9.17) is 4.42 Å². The Hall–Kier alpha value is -2.42. The second-order valence-corrected chi connectivity index (χ2v) is 9.13. The SMILES string of the molecule is O=C(c1cc2ccc(-c3cccnc3)cc2o1)C12CC3CC(CC(C3)C1)C2. The highest BCUT2D eigenvalue weighted by Crippen LogP contribution is 2.61. The van der Waals surface area contributed by atoms with Crippen LogP contribution in [-0.2, 0) is 0 Å². The van der Waals surface area contributed by atoms with Gasteiger partial charge >= 0.3 is 0 Å². The van der Waals surface area contributed by atoms with Gasteiger partial charge in [0.15, 0.2) is 5.76 Å². The number of ketones is 1. The second kappa shape index (κ2) is 5.54. The second-order valence-electron chi connectivity index (χ2n) is 9.13. The molecule has 4 bridgehead atoms. The molecule has 0 saturated heterocycles. The summed E-state index contributed by atoms with van der Waals surface area (Å²) in [7, 11) is 0. The maximum Gasteiger partial charge on any atom is 0.204 e. The quantitative estimate of drug-likeness (QED) is 0.549. The minimum atomic E-state index is -0.144. The molecule has 136 valence electrons. The van der Waals surface area contributed by atoms with Crippen LogP contribution < -0.4 is 0 Å². The van der Waals surface area contributed by atoms with Gasteiger partial charge in [0.05, 0.1) is 0 Å². The average Bonchev–Trinajstić information content (AvgIpc) is 3.10. The number of carbonyl (C=O) groups excluding carboxylic acids is 1. The summed E-state index contributed by atoms with van der Waals surface area (Å²) in [6.07, 6.45) is 10.9. The van der Waals surface area contributed by atoms with Crippen molar-refractivity contribution >= 4 is 16.8 Å². The molecule has 0 unspecified atom stereocenters. The number of aromatic nitrogens is 1. The van der Waals surface area contributed by atoms with Crippen molar-refractivity contribution in [2.45, 2.75) is 38.5 Å². The first kappa shape index (κ1) is 15.6. The molecule has 3 nitrogen and oxygen atoms in total. The van der Waals surface area contributed by atoms with Crippen LogP contribution in [0.25, 0.3) is 22.1 Å². The summed E-state index contributed by atoms with van der Waals surface area (Å²) in [5.41, 5.74) is 2.78. The van der Waals surface area contributed by atoms with Gasteiger partial charge in [-0.2, -0.15) is 0 Å². The van der Waals surface area contributed by atoms with E-state index >= 15 is 0 Å². The van der Waals surface area contributed by atoms with Crippen molar-refractivity contribution in [1.82, 2.24) is 4.98 Å². The van der Waals surface area contributed by atoms with Gasteiger partial charge in [-0.3, -0.25) is 9.78 Å². The molecule has 4 aliphatic carbocycles. The van der Waals surface area contributed by atoms with E-state index in [1.807, 2.05) is 30.5 Å². The Labute approximate surface area is 158 Å². The molecule has 3 heteroatoms. The summed E-state index contributed by atoms with van der Waals surface area (Å²) in [5.74, 6) is 3.13. The summed E-state index contributed by atoms with van der Waals surface area (Å²) < 4.78 is 6.11. The maximum atomic E-state index is 13.5. The van der Waals surface area contributed by atoms with Crippen LogP contribution in [0.5, 0.6) is 0 Å². The van der Waals surface area contributed by atoms with Crippen molar-refractivity contribution in [3.8, 4) is 11.1 Å². The molecular formula is C24H23NO2. The number of Topliss-reactive ketones (excluding diaryl/α,β-unsaturated/α-hetero) is 1. The third kappa shape index (κ3) is 2.40. The van der Waals surface area contributed by atoms with Crippen LogP contribution in [0.3, 0.4) is 0 Å². The van der Waals surface area contributed by atoms with Gasteiger partial charge in [0, 0.05) is 28.8 Å². The van der Waals surface area contributed by atoms with Crippen molar-refractivity contribution in [2.24, 2.45) is 23.2 Å². The molecular weight excluding hydrogens is 334 g/mol. The van der Waals surface area contributed by atoms with Crippen molar-refractivity contribution in [3.63, 3.8) is 0 Å². The van der Waals surface area contributed by atoms with E-state index in [-0.39, 0.29) is 11.2 Å². The number of carbonyl (C=O) groups is 1. The van der Waals surface area contributed by atoms with Crippen LogP contribution in [-0.4, -0.2) is 10.8 Å². The highest BCUT2D eigenvalue weighted by Gasteiger charge is 2.55. The number of fused-ring (bicyclic) bond motifs is 1. The smallest absolute Gasteiger partial charge is 0.204 e. The van der Waals surface area contributed by atoms with Crippen LogP contribution in [0.1, 0.15) is 49.1 Å². The number of furan rings is 1. The lowest BCUT2D eigenvalue weighted by Gasteiger charge is -2.55. The van der Waals surface area contributed by atoms with Crippen molar-refractivity contribution < 1.29 is 9.21 Å². The fraction of sp³-hybridized carbons (Fsp3) is 0.417. The Bertz CT molecular complexity index is 998. The van der Waals surface area contributed by atoms with E-state index in [1.165, 1.54) is 19.3 Å². The number of rotatable bonds is 3. The normalized spacial score (nSPS) is 31.5. The fourth-order valence-corrected chi connectivity index (χ4v) is 6.51.